The molecular weight excluding hydrogens is 365 g/mol. The van der Waals surface area contributed by atoms with Gasteiger partial charge in [-0.25, -0.2) is 0 Å². The van der Waals surface area contributed by atoms with Crippen molar-refractivity contribution in [2.45, 2.75) is 45.6 Å². The zero-order chi connectivity index (χ0) is 20.2. The predicted molar refractivity (Wildman–Crippen MR) is 93.1 cm³/mol. The fourth-order valence-corrected chi connectivity index (χ4v) is 2.41. The fraction of sp³-hybridized carbons (Fsp3) is 0.875. The summed E-state index contributed by atoms with van der Waals surface area (Å²) in [6, 6.07) is 0. The van der Waals surface area contributed by atoms with Crippen molar-refractivity contribution in [3.63, 3.8) is 0 Å². The first-order valence-corrected chi connectivity index (χ1v) is 10.2. The van der Waals surface area contributed by atoms with Gasteiger partial charge in [0.1, 0.15) is 19.3 Å². The van der Waals surface area contributed by atoms with Gasteiger partial charge in [-0.15, -0.1) is 0 Å². The van der Waals surface area contributed by atoms with E-state index in [1.807, 2.05) is 21.1 Å². The van der Waals surface area contributed by atoms with Crippen LogP contribution in [0.25, 0.3) is 0 Å². The van der Waals surface area contributed by atoms with Crippen molar-refractivity contribution < 1.29 is 42.1 Å². The van der Waals surface area contributed by atoms with E-state index in [9.17, 15) is 19.0 Å². The Labute approximate surface area is 155 Å². The van der Waals surface area contributed by atoms with Crippen molar-refractivity contribution in [3.05, 3.63) is 0 Å². The average Bonchev–Trinajstić information content (AvgIpc) is 2.52. The summed E-state index contributed by atoms with van der Waals surface area (Å²) < 4.78 is 32.1. The van der Waals surface area contributed by atoms with Gasteiger partial charge in [0, 0.05) is 25.7 Å². The zero-order valence-electron chi connectivity index (χ0n) is 16.4. The largest absolute Gasteiger partial charge is 0.756 e. The Hall–Kier alpha value is -0.990. The SMILES string of the molecule is CCC(=O)OCCC(CCOP(=O)([O-])OCC[N+](C)(C)C)OC(=O)CC. The number of ether oxygens (including phenoxy) is 2. The molecule has 0 radical (unpaired) electrons. The maximum Gasteiger partial charge on any atom is 0.305 e. The highest BCUT2D eigenvalue weighted by molar-refractivity contribution is 7.45. The minimum atomic E-state index is -4.41. The Morgan fingerprint density at radius 1 is 0.962 bits per heavy atom. The van der Waals surface area contributed by atoms with Gasteiger partial charge in [0.2, 0.25) is 0 Å². The van der Waals surface area contributed by atoms with Crippen molar-refractivity contribution in [2.75, 3.05) is 47.5 Å². The molecule has 0 aromatic rings. The van der Waals surface area contributed by atoms with Crippen molar-refractivity contribution in [1.82, 2.24) is 0 Å². The lowest BCUT2D eigenvalue weighted by Crippen LogP contribution is -2.37. The lowest BCUT2D eigenvalue weighted by atomic mass is 10.2. The summed E-state index contributed by atoms with van der Waals surface area (Å²) in [5.41, 5.74) is 0. The maximum absolute atomic E-state index is 11.7. The molecule has 0 aliphatic carbocycles. The second kappa shape index (κ2) is 12.4. The average molecular weight is 397 g/mol. The summed E-state index contributed by atoms with van der Waals surface area (Å²) in [7, 11) is 1.34. The van der Waals surface area contributed by atoms with Gasteiger partial charge < -0.3 is 27.9 Å². The van der Waals surface area contributed by atoms with Crippen molar-refractivity contribution in [3.8, 4) is 0 Å². The third kappa shape index (κ3) is 14.2. The second-order valence-corrected chi connectivity index (χ2v) is 8.16. The quantitative estimate of drug-likeness (QED) is 0.245. The molecule has 9 nitrogen and oxygen atoms in total. The van der Waals surface area contributed by atoms with Gasteiger partial charge in [-0.2, -0.15) is 0 Å². The molecule has 0 saturated heterocycles. The van der Waals surface area contributed by atoms with E-state index < -0.39 is 19.9 Å². The number of rotatable bonds is 14. The lowest BCUT2D eigenvalue weighted by molar-refractivity contribution is -0.870. The van der Waals surface area contributed by atoms with E-state index in [4.69, 9.17) is 18.5 Å². The summed E-state index contributed by atoms with van der Waals surface area (Å²) in [6.45, 7) is 3.76. The van der Waals surface area contributed by atoms with Crippen LogP contribution >= 0.6 is 7.82 Å². The molecule has 0 aliphatic heterocycles. The number of nitrogens with zero attached hydrogens (tertiary/aromatic N) is 1. The molecule has 10 heteroatoms. The number of carbonyl (C=O) groups excluding carboxylic acids is 2. The van der Waals surface area contributed by atoms with Crippen LogP contribution in [0.3, 0.4) is 0 Å². The minimum absolute atomic E-state index is 0.0193. The first-order valence-electron chi connectivity index (χ1n) is 8.74. The minimum Gasteiger partial charge on any atom is -0.756 e. The number of esters is 2. The molecule has 2 unspecified atom stereocenters. The lowest BCUT2D eigenvalue weighted by Gasteiger charge is -2.27. The van der Waals surface area contributed by atoms with Crippen molar-refractivity contribution in [1.29, 1.82) is 0 Å². The van der Waals surface area contributed by atoms with Crippen LogP contribution < -0.4 is 4.89 Å². The highest BCUT2D eigenvalue weighted by Crippen LogP contribution is 2.38. The van der Waals surface area contributed by atoms with Crippen LogP contribution in [-0.2, 0) is 32.7 Å². The van der Waals surface area contributed by atoms with E-state index in [2.05, 4.69) is 0 Å². The number of quaternary nitrogens is 1. The van der Waals surface area contributed by atoms with E-state index in [1.165, 1.54) is 0 Å². The van der Waals surface area contributed by atoms with Gasteiger partial charge in [0.15, 0.2) is 0 Å². The first-order chi connectivity index (χ1) is 12.0. The van der Waals surface area contributed by atoms with Gasteiger partial charge >= 0.3 is 11.9 Å². The maximum atomic E-state index is 11.7. The molecule has 0 aromatic heterocycles. The number of hydrogen-bond acceptors (Lipinski definition) is 8. The summed E-state index contributed by atoms with van der Waals surface area (Å²) in [5, 5.41) is 0. The third-order valence-corrected chi connectivity index (χ3v) is 4.28. The summed E-state index contributed by atoms with van der Waals surface area (Å²) in [6.07, 6.45) is 0.276. The molecule has 154 valence electrons. The van der Waals surface area contributed by atoms with E-state index >= 15 is 0 Å². The molecule has 0 aromatic carbocycles. The van der Waals surface area contributed by atoms with Crippen molar-refractivity contribution in [2.24, 2.45) is 0 Å². The van der Waals surface area contributed by atoms with Gasteiger partial charge in [-0.05, 0) is 0 Å². The molecule has 2 atom stereocenters. The molecule has 0 amide bonds. The first kappa shape index (κ1) is 25.0. The Bertz CT molecular complexity index is 477. The van der Waals surface area contributed by atoms with Crippen LogP contribution in [0.1, 0.15) is 39.5 Å². The van der Waals surface area contributed by atoms with E-state index in [0.717, 1.165) is 0 Å². The Balaban J connectivity index is 4.32. The molecule has 0 heterocycles. The number of phosphoric acid groups is 1. The summed E-state index contributed by atoms with van der Waals surface area (Å²) >= 11 is 0. The summed E-state index contributed by atoms with van der Waals surface area (Å²) in [4.78, 5) is 34.3. The van der Waals surface area contributed by atoms with Crippen molar-refractivity contribution >= 4 is 19.8 Å². The smallest absolute Gasteiger partial charge is 0.305 e. The van der Waals surface area contributed by atoms with Crippen LogP contribution in [-0.4, -0.2) is 70.0 Å². The molecule has 0 N–H and O–H groups in total. The van der Waals surface area contributed by atoms with E-state index in [-0.39, 0.29) is 51.5 Å². The molecule has 0 rings (SSSR count). The standard InChI is InChI=1S/C16H32NO8P/c1-6-15(18)22-11-8-14(25-16(19)7-2)9-12-23-26(20,21)24-13-10-17(3,4)5/h14H,6-13H2,1-5H3. The number of hydrogen-bond donors (Lipinski definition) is 0. The zero-order valence-corrected chi connectivity index (χ0v) is 17.3. The third-order valence-electron chi connectivity index (χ3n) is 3.28. The number of carbonyl (C=O) groups is 2. The van der Waals surface area contributed by atoms with E-state index in [1.54, 1.807) is 13.8 Å². The molecule has 0 fully saturated rings. The number of likely N-dealkylation sites (N-methyl/N-ethyl adjacent to an activating group) is 1. The van der Waals surface area contributed by atoms with Gasteiger partial charge in [-0.3, -0.25) is 14.2 Å². The Kier molecular flexibility index (Phi) is 11.9. The van der Waals surface area contributed by atoms with Crippen LogP contribution in [0.15, 0.2) is 0 Å². The van der Waals surface area contributed by atoms with E-state index in [0.29, 0.717) is 11.0 Å². The highest BCUT2D eigenvalue weighted by Gasteiger charge is 2.18. The summed E-state index contributed by atoms with van der Waals surface area (Å²) in [5.74, 6) is -0.766. The van der Waals surface area contributed by atoms with Gasteiger partial charge in [0.25, 0.3) is 7.82 Å². The molecule has 0 bridgehead atoms. The molecule has 0 aliphatic rings. The Morgan fingerprint density at radius 2 is 1.50 bits per heavy atom. The molecule has 0 saturated carbocycles. The fourth-order valence-electron chi connectivity index (χ4n) is 1.70. The second-order valence-electron chi connectivity index (χ2n) is 6.74. The Morgan fingerprint density at radius 3 is 2.04 bits per heavy atom. The van der Waals surface area contributed by atoms with Crippen LogP contribution in [0.2, 0.25) is 0 Å². The predicted octanol–water partition coefficient (Wildman–Crippen LogP) is 1.25. The monoisotopic (exact) mass is 397 g/mol. The van der Waals surface area contributed by atoms with Gasteiger partial charge in [0.05, 0.1) is 34.4 Å². The normalized spacial score (nSPS) is 15.2. The van der Waals surface area contributed by atoms with Crippen LogP contribution in [0.4, 0.5) is 0 Å². The molecule has 26 heavy (non-hydrogen) atoms. The topological polar surface area (TPSA) is 111 Å². The van der Waals surface area contributed by atoms with Crippen LogP contribution in [0, 0.1) is 0 Å². The van der Waals surface area contributed by atoms with Gasteiger partial charge in [-0.1, -0.05) is 13.8 Å². The molecular formula is C16H32NO8P. The van der Waals surface area contributed by atoms with Crippen LogP contribution in [0.5, 0.6) is 0 Å². The number of phosphoric ester groups is 1. The molecule has 0 spiro atoms. The highest BCUT2D eigenvalue weighted by atomic mass is 31.2.